The van der Waals surface area contributed by atoms with Gasteiger partial charge in [-0.1, -0.05) is 0 Å². The van der Waals surface area contributed by atoms with Crippen molar-refractivity contribution in [1.82, 2.24) is 0 Å². The van der Waals surface area contributed by atoms with Gasteiger partial charge in [0.1, 0.15) is 12.6 Å². The van der Waals surface area contributed by atoms with Crippen LogP contribution in [-0.4, -0.2) is 0 Å². The summed E-state index contributed by atoms with van der Waals surface area (Å²) < 4.78 is 0. The fourth-order valence-corrected chi connectivity index (χ4v) is 0.373. The highest BCUT2D eigenvalue weighted by molar-refractivity contribution is 5.45. The Balaban J connectivity index is 4.26. The summed E-state index contributed by atoms with van der Waals surface area (Å²) in [5.41, 5.74) is 0. The topological polar surface area (TPSA) is 4.36 Å². The molecule has 0 aliphatic heterocycles. The van der Waals surface area contributed by atoms with Gasteiger partial charge in [-0.15, -0.1) is 6.42 Å². The van der Waals surface area contributed by atoms with Crippen molar-refractivity contribution in [3.63, 3.8) is 0 Å². The molecule has 0 fully saturated rings. The van der Waals surface area contributed by atoms with Crippen LogP contribution in [0.2, 0.25) is 0 Å². The third kappa shape index (κ3) is 10.4. The van der Waals surface area contributed by atoms with Gasteiger partial charge in [-0.05, 0) is 71.0 Å². The molecule has 0 bridgehead atoms. The Hall–Kier alpha value is -3.59. The van der Waals surface area contributed by atoms with Gasteiger partial charge < -0.3 is 0 Å². The van der Waals surface area contributed by atoms with Crippen LogP contribution in [0.1, 0.15) is 0 Å². The molecular weight excluding hydrogens is 194 g/mol. The quantitative estimate of drug-likeness (QED) is 0.392. The van der Waals surface area contributed by atoms with Crippen LogP contribution in [0.3, 0.4) is 0 Å². The first-order chi connectivity index (χ1) is 7.91. The molecule has 1 nitrogen and oxygen atoms in total. The van der Waals surface area contributed by atoms with E-state index in [0.29, 0.717) is 0 Å². The van der Waals surface area contributed by atoms with E-state index in [2.05, 4.69) is 81.9 Å². The minimum atomic E-state index is 2.09. The molecule has 0 rings (SSSR count). The maximum Gasteiger partial charge on any atom is 0.146 e. The zero-order valence-corrected chi connectivity index (χ0v) is 8.02. The Morgan fingerprint density at radius 3 is 1.38 bits per heavy atom. The number of hydrogen-bond donors (Lipinski definition) is 0. The zero-order chi connectivity index (χ0) is 11.9. The first-order valence-electron chi connectivity index (χ1n) is 3.74. The van der Waals surface area contributed by atoms with Gasteiger partial charge >= 0.3 is 0 Å². The lowest BCUT2D eigenvalue weighted by molar-refractivity contribution is 2.24. The molecule has 0 radical (unpaired) electrons. The van der Waals surface area contributed by atoms with Crippen molar-refractivity contribution in [2.75, 3.05) is 0 Å². The van der Waals surface area contributed by atoms with Crippen LogP contribution in [0.15, 0.2) is 0 Å². The van der Waals surface area contributed by atoms with Gasteiger partial charge in [0.2, 0.25) is 0 Å². The molecular formula is C15HN. The van der Waals surface area contributed by atoms with E-state index in [9.17, 15) is 0 Å². The second-order valence-corrected chi connectivity index (χ2v) is 1.74. The molecule has 0 spiro atoms. The van der Waals surface area contributed by atoms with E-state index < -0.39 is 0 Å². The predicted molar refractivity (Wildman–Crippen MR) is 62.1 cm³/mol. The summed E-state index contributed by atoms with van der Waals surface area (Å²) in [6.07, 6.45) is 4.86. The van der Waals surface area contributed by atoms with Crippen LogP contribution >= 0.6 is 0 Å². The molecule has 1 heteroatoms. The van der Waals surface area contributed by atoms with Crippen LogP contribution in [0.4, 0.5) is 0 Å². The van der Waals surface area contributed by atoms with E-state index >= 15 is 0 Å². The van der Waals surface area contributed by atoms with Gasteiger partial charge in [-0.3, -0.25) is 0 Å². The fraction of sp³-hybridized carbons (Fsp3) is 0. The summed E-state index contributed by atoms with van der Waals surface area (Å²) >= 11 is 0. The highest BCUT2D eigenvalue weighted by Gasteiger charge is 1.56. The minimum Gasteiger partial charge on any atom is -0.193 e. The smallest absolute Gasteiger partial charge is 0.146 e. The Labute approximate surface area is 95.4 Å². The molecule has 0 aliphatic rings. The maximum atomic E-state index is 6.33. The summed E-state index contributed by atoms with van der Waals surface area (Å²) in [5.74, 6) is 28.4. The standard InChI is InChI=1S/C15HN/c1-3-4-5-6-7-8-9-10-11-12-13-14-15-16-2/h1H. The molecule has 0 unspecified atom stereocenters. The first-order valence-corrected chi connectivity index (χ1v) is 3.74. The highest BCUT2D eigenvalue weighted by Crippen LogP contribution is 1.58. The largest absolute Gasteiger partial charge is 0.193 e. The van der Waals surface area contributed by atoms with Gasteiger partial charge in [-0.25, -0.2) is 0 Å². The average molecular weight is 195 g/mol. The SMILES string of the molecule is [C-]#[N+]C#CC#CC#CC#CC#CC#CC#C. The Morgan fingerprint density at radius 1 is 0.625 bits per heavy atom. The molecule has 0 saturated heterocycles. The van der Waals surface area contributed by atoms with Crippen molar-refractivity contribution in [3.8, 4) is 83.5 Å². The molecule has 0 amide bonds. The van der Waals surface area contributed by atoms with E-state index in [1.54, 1.807) is 0 Å². The number of terminal acetylenes is 1. The third-order valence-electron chi connectivity index (χ3n) is 0.809. The normalized spacial score (nSPS) is 3.62. The Morgan fingerprint density at radius 2 is 1.00 bits per heavy atom. The summed E-state index contributed by atoms with van der Waals surface area (Å²) in [7, 11) is 0. The maximum absolute atomic E-state index is 6.33. The van der Waals surface area contributed by atoms with Gasteiger partial charge in [-0.2, -0.15) is 4.85 Å². The summed E-state index contributed by atoms with van der Waals surface area (Å²) in [5, 5.41) is 0. The lowest BCUT2D eigenvalue weighted by atomic mass is 10.5. The summed E-state index contributed by atoms with van der Waals surface area (Å²) in [6, 6.07) is 2.09. The van der Waals surface area contributed by atoms with Gasteiger partial charge in [0.05, 0.1) is 0 Å². The predicted octanol–water partition coefficient (Wildman–Crippen LogP) is 0.517. The van der Waals surface area contributed by atoms with Crippen LogP contribution in [0, 0.1) is 90.1 Å². The molecule has 0 aromatic carbocycles. The van der Waals surface area contributed by atoms with Crippen molar-refractivity contribution < 1.29 is 0 Å². The van der Waals surface area contributed by atoms with E-state index in [-0.39, 0.29) is 0 Å². The van der Waals surface area contributed by atoms with Crippen molar-refractivity contribution in [2.45, 2.75) is 0 Å². The van der Waals surface area contributed by atoms with Crippen LogP contribution < -0.4 is 0 Å². The highest BCUT2D eigenvalue weighted by atomic mass is 14.6. The number of hydrogen-bond acceptors (Lipinski definition) is 0. The van der Waals surface area contributed by atoms with Crippen LogP contribution in [0.5, 0.6) is 0 Å². The van der Waals surface area contributed by atoms with Crippen molar-refractivity contribution in [1.29, 1.82) is 0 Å². The minimum absolute atomic E-state index is 2.09. The van der Waals surface area contributed by atoms with E-state index in [4.69, 9.17) is 13.0 Å². The molecule has 0 heterocycles. The Bertz CT molecular complexity index is 633. The Kier molecular flexibility index (Phi) is 8.85. The van der Waals surface area contributed by atoms with Crippen LogP contribution in [-0.2, 0) is 0 Å². The van der Waals surface area contributed by atoms with Gasteiger partial charge in [0.25, 0.3) is 0 Å². The van der Waals surface area contributed by atoms with Crippen molar-refractivity contribution in [3.05, 3.63) is 11.4 Å². The number of rotatable bonds is 0. The van der Waals surface area contributed by atoms with Crippen LogP contribution in [0.25, 0.3) is 4.85 Å². The molecule has 0 saturated carbocycles. The fourth-order valence-electron chi connectivity index (χ4n) is 0.373. The lowest BCUT2D eigenvalue weighted by Crippen LogP contribution is -1.55. The van der Waals surface area contributed by atoms with Gasteiger partial charge in [0, 0.05) is 0 Å². The summed E-state index contributed by atoms with van der Waals surface area (Å²) in [6.45, 7) is 6.33. The molecule has 0 atom stereocenters. The molecule has 16 heavy (non-hydrogen) atoms. The third-order valence-corrected chi connectivity index (χ3v) is 0.809. The number of nitrogens with zero attached hydrogens (tertiary/aromatic N) is 1. The second kappa shape index (κ2) is 11.4. The van der Waals surface area contributed by atoms with Crippen molar-refractivity contribution in [2.24, 2.45) is 0 Å². The molecule has 0 aromatic rings. The van der Waals surface area contributed by atoms with Gasteiger partial charge in [0.15, 0.2) is 0 Å². The van der Waals surface area contributed by atoms with E-state index in [1.807, 2.05) is 0 Å². The monoisotopic (exact) mass is 195 g/mol. The molecule has 66 valence electrons. The second-order valence-electron chi connectivity index (χ2n) is 1.74. The van der Waals surface area contributed by atoms with E-state index in [0.717, 1.165) is 0 Å². The molecule has 0 aliphatic carbocycles. The van der Waals surface area contributed by atoms with Crippen molar-refractivity contribution >= 4 is 0 Å². The zero-order valence-electron chi connectivity index (χ0n) is 8.02. The molecule has 0 N–H and O–H groups in total. The van der Waals surface area contributed by atoms with E-state index in [1.165, 1.54) is 0 Å². The summed E-state index contributed by atoms with van der Waals surface area (Å²) in [4.78, 5) is 2.78. The molecule has 0 aromatic heterocycles. The average Bonchev–Trinajstić information content (AvgIpc) is 2.31. The first kappa shape index (κ1) is 12.4. The lowest BCUT2D eigenvalue weighted by Gasteiger charge is -1.55.